The van der Waals surface area contributed by atoms with E-state index in [-0.39, 0.29) is 0 Å². The number of hydrogen-bond acceptors (Lipinski definition) is 2. The minimum absolute atomic E-state index is 0.641. The lowest BCUT2D eigenvalue weighted by molar-refractivity contribution is 0.380. The SMILES string of the molecule is Cc1[nH]ncc1CN[C@@H](C)C1CCCC1. The molecule has 0 aliphatic heterocycles. The molecule has 3 nitrogen and oxygen atoms in total. The summed E-state index contributed by atoms with van der Waals surface area (Å²) in [5.41, 5.74) is 2.47. The third-order valence-electron chi connectivity index (χ3n) is 3.66. The van der Waals surface area contributed by atoms with Gasteiger partial charge in [-0.1, -0.05) is 12.8 Å². The van der Waals surface area contributed by atoms with Crippen LogP contribution >= 0.6 is 0 Å². The standard InChI is InChI=1S/C12H21N3/c1-9(11-5-3-4-6-11)13-7-12-8-14-15-10(12)2/h8-9,11,13H,3-7H2,1-2H3,(H,14,15)/t9-/m0/s1. The van der Waals surface area contributed by atoms with Crippen LogP contribution < -0.4 is 5.32 Å². The second kappa shape index (κ2) is 4.79. The third-order valence-corrected chi connectivity index (χ3v) is 3.66. The molecule has 3 heteroatoms. The molecule has 0 spiro atoms. The highest BCUT2D eigenvalue weighted by Gasteiger charge is 2.20. The van der Waals surface area contributed by atoms with Crippen molar-refractivity contribution in [1.82, 2.24) is 15.5 Å². The average Bonchev–Trinajstić information content (AvgIpc) is 2.85. The number of aryl methyl sites for hydroxylation is 1. The first-order valence-electron chi connectivity index (χ1n) is 5.99. The van der Waals surface area contributed by atoms with Gasteiger partial charge in [0.15, 0.2) is 0 Å². The average molecular weight is 207 g/mol. The Labute approximate surface area is 91.7 Å². The Hall–Kier alpha value is -0.830. The molecule has 0 radical (unpaired) electrons. The molecule has 84 valence electrons. The molecule has 0 bridgehead atoms. The number of rotatable bonds is 4. The van der Waals surface area contributed by atoms with E-state index < -0.39 is 0 Å². The van der Waals surface area contributed by atoms with Crippen molar-refractivity contribution in [3.8, 4) is 0 Å². The van der Waals surface area contributed by atoms with E-state index >= 15 is 0 Å². The highest BCUT2D eigenvalue weighted by atomic mass is 15.1. The van der Waals surface area contributed by atoms with Gasteiger partial charge in [-0.15, -0.1) is 0 Å². The summed E-state index contributed by atoms with van der Waals surface area (Å²) in [6.45, 7) is 5.33. The van der Waals surface area contributed by atoms with E-state index in [2.05, 4.69) is 29.4 Å². The predicted octanol–water partition coefficient (Wildman–Crippen LogP) is 2.39. The summed E-state index contributed by atoms with van der Waals surface area (Å²) in [7, 11) is 0. The van der Waals surface area contributed by atoms with E-state index in [1.54, 1.807) is 0 Å². The van der Waals surface area contributed by atoms with Crippen LogP contribution in [0, 0.1) is 12.8 Å². The molecule has 1 saturated carbocycles. The van der Waals surface area contributed by atoms with Gasteiger partial charge in [-0.05, 0) is 32.6 Å². The monoisotopic (exact) mass is 207 g/mol. The van der Waals surface area contributed by atoms with Gasteiger partial charge in [-0.3, -0.25) is 5.10 Å². The van der Waals surface area contributed by atoms with Crippen LogP contribution in [0.2, 0.25) is 0 Å². The van der Waals surface area contributed by atoms with Crippen molar-refractivity contribution in [2.24, 2.45) is 5.92 Å². The molecule has 1 aromatic rings. The van der Waals surface area contributed by atoms with Crippen molar-refractivity contribution < 1.29 is 0 Å². The molecular formula is C12H21N3. The number of aromatic amines is 1. The molecule has 0 unspecified atom stereocenters. The fraction of sp³-hybridized carbons (Fsp3) is 0.750. The maximum absolute atomic E-state index is 4.03. The zero-order valence-corrected chi connectivity index (χ0v) is 9.71. The van der Waals surface area contributed by atoms with Gasteiger partial charge in [0.05, 0.1) is 6.20 Å². The van der Waals surface area contributed by atoms with Crippen molar-refractivity contribution in [2.45, 2.75) is 52.1 Å². The van der Waals surface area contributed by atoms with Gasteiger partial charge in [0.1, 0.15) is 0 Å². The minimum Gasteiger partial charge on any atom is -0.310 e. The number of nitrogens with one attached hydrogen (secondary N) is 2. The van der Waals surface area contributed by atoms with Gasteiger partial charge in [0.2, 0.25) is 0 Å². The maximum Gasteiger partial charge on any atom is 0.0535 e. The van der Waals surface area contributed by atoms with Crippen molar-refractivity contribution in [3.63, 3.8) is 0 Å². The van der Waals surface area contributed by atoms with Gasteiger partial charge in [0.25, 0.3) is 0 Å². The Kier molecular flexibility index (Phi) is 3.41. The van der Waals surface area contributed by atoms with Gasteiger partial charge < -0.3 is 5.32 Å². The van der Waals surface area contributed by atoms with Crippen LogP contribution in [0.1, 0.15) is 43.9 Å². The second-order valence-electron chi connectivity index (χ2n) is 4.73. The van der Waals surface area contributed by atoms with Gasteiger partial charge in [-0.2, -0.15) is 5.10 Å². The molecule has 2 N–H and O–H groups in total. The van der Waals surface area contributed by atoms with Gasteiger partial charge in [-0.25, -0.2) is 0 Å². The third kappa shape index (κ3) is 2.59. The molecule has 0 aromatic carbocycles. The highest BCUT2D eigenvalue weighted by molar-refractivity contribution is 5.13. The lowest BCUT2D eigenvalue weighted by atomic mass is 10.00. The molecule has 15 heavy (non-hydrogen) atoms. The Morgan fingerprint density at radius 2 is 2.27 bits per heavy atom. The first kappa shape index (κ1) is 10.7. The number of hydrogen-bond donors (Lipinski definition) is 2. The first-order chi connectivity index (χ1) is 7.27. The van der Waals surface area contributed by atoms with E-state index in [1.165, 1.54) is 36.9 Å². The Balaban J connectivity index is 1.80. The first-order valence-corrected chi connectivity index (χ1v) is 5.99. The summed E-state index contributed by atoms with van der Waals surface area (Å²) in [6.07, 6.45) is 7.56. The van der Waals surface area contributed by atoms with Crippen LogP contribution in [-0.2, 0) is 6.54 Å². The van der Waals surface area contributed by atoms with Crippen molar-refractivity contribution in [3.05, 3.63) is 17.5 Å². The van der Waals surface area contributed by atoms with Crippen molar-refractivity contribution >= 4 is 0 Å². The Morgan fingerprint density at radius 1 is 1.53 bits per heavy atom. The van der Waals surface area contributed by atoms with Crippen LogP contribution in [0.5, 0.6) is 0 Å². The summed E-state index contributed by atoms with van der Waals surface area (Å²) in [5.74, 6) is 0.886. The number of nitrogens with zero attached hydrogens (tertiary/aromatic N) is 1. The lowest BCUT2D eigenvalue weighted by Gasteiger charge is -2.20. The van der Waals surface area contributed by atoms with E-state index in [0.29, 0.717) is 6.04 Å². The Bertz CT molecular complexity index is 300. The molecule has 2 rings (SSSR count). The molecule has 1 fully saturated rings. The van der Waals surface area contributed by atoms with E-state index in [9.17, 15) is 0 Å². The van der Waals surface area contributed by atoms with Crippen LogP contribution in [-0.4, -0.2) is 16.2 Å². The normalized spacial score (nSPS) is 19.6. The quantitative estimate of drug-likeness (QED) is 0.796. The number of H-pyrrole nitrogens is 1. The second-order valence-corrected chi connectivity index (χ2v) is 4.73. The van der Waals surface area contributed by atoms with E-state index in [4.69, 9.17) is 0 Å². The molecule has 0 saturated heterocycles. The lowest BCUT2D eigenvalue weighted by Crippen LogP contribution is -2.31. The highest BCUT2D eigenvalue weighted by Crippen LogP contribution is 2.27. The molecular weight excluding hydrogens is 186 g/mol. The molecule has 1 aliphatic carbocycles. The summed E-state index contributed by atoms with van der Waals surface area (Å²) in [6, 6.07) is 0.641. The van der Waals surface area contributed by atoms with E-state index in [0.717, 1.165) is 12.5 Å². The van der Waals surface area contributed by atoms with Crippen LogP contribution in [0.3, 0.4) is 0 Å². The van der Waals surface area contributed by atoms with Crippen LogP contribution in [0.25, 0.3) is 0 Å². The fourth-order valence-corrected chi connectivity index (χ4v) is 2.45. The van der Waals surface area contributed by atoms with Gasteiger partial charge in [0, 0.05) is 23.8 Å². The molecule has 1 aromatic heterocycles. The van der Waals surface area contributed by atoms with Crippen LogP contribution in [0.4, 0.5) is 0 Å². The summed E-state index contributed by atoms with van der Waals surface area (Å²) in [4.78, 5) is 0. The summed E-state index contributed by atoms with van der Waals surface area (Å²) >= 11 is 0. The molecule has 1 atom stereocenters. The molecule has 1 heterocycles. The number of aromatic nitrogens is 2. The van der Waals surface area contributed by atoms with E-state index in [1.807, 2.05) is 6.20 Å². The van der Waals surface area contributed by atoms with Gasteiger partial charge >= 0.3 is 0 Å². The maximum atomic E-state index is 4.03. The minimum atomic E-state index is 0.641. The summed E-state index contributed by atoms with van der Waals surface area (Å²) < 4.78 is 0. The molecule has 1 aliphatic rings. The zero-order valence-electron chi connectivity index (χ0n) is 9.71. The van der Waals surface area contributed by atoms with Crippen LogP contribution in [0.15, 0.2) is 6.20 Å². The fourth-order valence-electron chi connectivity index (χ4n) is 2.45. The smallest absolute Gasteiger partial charge is 0.0535 e. The zero-order chi connectivity index (χ0) is 10.7. The van der Waals surface area contributed by atoms with Crippen molar-refractivity contribution in [2.75, 3.05) is 0 Å². The van der Waals surface area contributed by atoms with Crippen molar-refractivity contribution in [1.29, 1.82) is 0 Å². The summed E-state index contributed by atoms with van der Waals surface area (Å²) in [5, 5.41) is 10.6. The predicted molar refractivity (Wildman–Crippen MR) is 61.6 cm³/mol. The molecule has 0 amide bonds. The largest absolute Gasteiger partial charge is 0.310 e. The topological polar surface area (TPSA) is 40.7 Å². The Morgan fingerprint density at radius 3 is 2.87 bits per heavy atom.